The van der Waals surface area contributed by atoms with Crippen molar-refractivity contribution in [2.75, 3.05) is 0 Å². The highest BCUT2D eigenvalue weighted by Crippen LogP contribution is 2.50. The summed E-state index contributed by atoms with van der Waals surface area (Å²) in [4.78, 5) is 12.6. The van der Waals surface area contributed by atoms with Crippen molar-refractivity contribution in [1.29, 1.82) is 0 Å². The van der Waals surface area contributed by atoms with Gasteiger partial charge in [-0.05, 0) is 40.2 Å². The quantitative estimate of drug-likeness (QED) is 0.669. The third-order valence-corrected chi connectivity index (χ3v) is 12.1. The molecule has 0 heterocycles. The molecule has 0 N–H and O–H groups in total. The summed E-state index contributed by atoms with van der Waals surface area (Å²) in [6.45, 7) is 9.22. The number of fused-ring (bicyclic) bond motifs is 1. The molecule has 2 aliphatic carbocycles. The largest absolute Gasteiger partial charge is 0.404 e. The molecule has 3 heteroatoms. The molecule has 152 valence electrons. The Kier molecular flexibility index (Phi) is 5.16. The Morgan fingerprint density at radius 3 is 2.03 bits per heavy atom. The van der Waals surface area contributed by atoms with Crippen LogP contribution in [0, 0.1) is 5.41 Å². The van der Waals surface area contributed by atoms with Gasteiger partial charge in [-0.1, -0.05) is 94.4 Å². The zero-order chi connectivity index (χ0) is 20.7. The first-order valence-electron chi connectivity index (χ1n) is 10.8. The van der Waals surface area contributed by atoms with Crippen LogP contribution in [0.3, 0.4) is 0 Å². The summed E-state index contributed by atoms with van der Waals surface area (Å²) in [5.41, 5.74) is 0.856. The normalized spacial score (nSPS) is 24.9. The summed E-state index contributed by atoms with van der Waals surface area (Å²) in [5.74, 6) is 0.326. The van der Waals surface area contributed by atoms with Crippen LogP contribution in [-0.4, -0.2) is 20.2 Å². The average molecular weight is 405 g/mol. The molecular weight excluding hydrogens is 372 g/mol. The third kappa shape index (κ3) is 3.25. The van der Waals surface area contributed by atoms with E-state index in [2.05, 4.69) is 94.4 Å². The van der Waals surface area contributed by atoms with Crippen molar-refractivity contribution in [1.82, 2.24) is 0 Å². The van der Waals surface area contributed by atoms with Crippen molar-refractivity contribution in [2.24, 2.45) is 5.41 Å². The van der Waals surface area contributed by atoms with E-state index >= 15 is 0 Å². The Morgan fingerprint density at radius 2 is 1.52 bits per heavy atom. The molecule has 2 aromatic carbocycles. The van der Waals surface area contributed by atoms with Crippen molar-refractivity contribution in [3.05, 3.63) is 72.3 Å². The molecule has 0 aromatic heterocycles. The van der Waals surface area contributed by atoms with Gasteiger partial charge in [0.05, 0.1) is 6.10 Å². The molecule has 0 radical (unpaired) electrons. The van der Waals surface area contributed by atoms with Gasteiger partial charge in [0.15, 0.2) is 5.78 Å². The monoisotopic (exact) mass is 404 g/mol. The molecule has 0 unspecified atom stereocenters. The van der Waals surface area contributed by atoms with Crippen molar-refractivity contribution >= 4 is 24.5 Å². The summed E-state index contributed by atoms with van der Waals surface area (Å²) in [6.07, 6.45) is 5.65. The molecule has 29 heavy (non-hydrogen) atoms. The standard InChI is InChI=1S/C26H32O2Si/c1-25(2,3)29(20-12-7-5-8-13-20,21-14-9-6-10-15-21)28-24-18-17-23(27)22-16-11-19-26(22,24)4/h5-10,12-16,24H,11,17-19H2,1-4H3/t24-,26-/m0/s1. The van der Waals surface area contributed by atoms with Gasteiger partial charge in [-0.15, -0.1) is 0 Å². The van der Waals surface area contributed by atoms with Gasteiger partial charge in [0, 0.05) is 11.8 Å². The lowest BCUT2D eigenvalue weighted by molar-refractivity contribution is -0.120. The molecular formula is C26H32O2Si. The van der Waals surface area contributed by atoms with Crippen LogP contribution in [0.25, 0.3) is 0 Å². The number of carbonyl (C=O) groups is 1. The molecule has 0 aliphatic heterocycles. The second-order valence-corrected chi connectivity index (χ2v) is 14.1. The van der Waals surface area contributed by atoms with Crippen LogP contribution in [0.2, 0.25) is 5.04 Å². The number of benzene rings is 2. The van der Waals surface area contributed by atoms with Crippen LogP contribution < -0.4 is 10.4 Å². The van der Waals surface area contributed by atoms with Gasteiger partial charge in [-0.25, -0.2) is 0 Å². The molecule has 4 rings (SSSR count). The smallest absolute Gasteiger partial charge is 0.261 e. The number of rotatable bonds is 4. The highest BCUT2D eigenvalue weighted by molar-refractivity contribution is 6.99. The van der Waals surface area contributed by atoms with Gasteiger partial charge in [0.25, 0.3) is 8.32 Å². The summed E-state index contributed by atoms with van der Waals surface area (Å²) >= 11 is 0. The molecule has 1 fully saturated rings. The fraction of sp³-hybridized carbons (Fsp3) is 0.423. The predicted molar refractivity (Wildman–Crippen MR) is 122 cm³/mol. The molecule has 1 saturated carbocycles. The van der Waals surface area contributed by atoms with Crippen LogP contribution in [0.4, 0.5) is 0 Å². The molecule has 2 nitrogen and oxygen atoms in total. The van der Waals surface area contributed by atoms with Crippen molar-refractivity contribution in [3.63, 3.8) is 0 Å². The minimum Gasteiger partial charge on any atom is -0.404 e. The van der Waals surface area contributed by atoms with Crippen molar-refractivity contribution < 1.29 is 9.22 Å². The van der Waals surface area contributed by atoms with E-state index in [-0.39, 0.29) is 16.6 Å². The lowest BCUT2D eigenvalue weighted by atomic mass is 9.70. The summed E-state index contributed by atoms with van der Waals surface area (Å²) < 4.78 is 7.43. The van der Waals surface area contributed by atoms with Gasteiger partial charge in [0.1, 0.15) is 0 Å². The van der Waals surface area contributed by atoms with E-state index in [1.807, 2.05) is 0 Å². The molecule has 0 amide bonds. The van der Waals surface area contributed by atoms with Crippen LogP contribution in [0.5, 0.6) is 0 Å². The summed E-state index contributed by atoms with van der Waals surface area (Å²) in [5, 5.41) is 2.57. The van der Waals surface area contributed by atoms with Crippen molar-refractivity contribution in [2.45, 2.75) is 64.5 Å². The minimum atomic E-state index is -2.60. The summed E-state index contributed by atoms with van der Waals surface area (Å²) in [7, 11) is -2.60. The Labute approximate surface area is 176 Å². The second-order valence-electron chi connectivity index (χ2n) is 9.81. The van der Waals surface area contributed by atoms with E-state index in [1.54, 1.807) is 0 Å². The van der Waals surface area contributed by atoms with E-state index in [0.29, 0.717) is 12.2 Å². The SMILES string of the molecule is CC(C)(C)[Si](O[C@H]1CCC(=O)C2=CCC[C@@]21C)(c1ccccc1)c1ccccc1. The highest BCUT2D eigenvalue weighted by Gasteiger charge is 2.55. The number of allylic oxidation sites excluding steroid dienone is 1. The average Bonchev–Trinajstić information content (AvgIpc) is 3.12. The van der Waals surface area contributed by atoms with Crippen LogP contribution in [0.1, 0.15) is 53.4 Å². The molecule has 2 aromatic rings. The number of hydrogen-bond acceptors (Lipinski definition) is 2. The Morgan fingerprint density at radius 1 is 0.966 bits per heavy atom. The number of Topliss-reactive ketones (excluding diaryl/α,β-unsaturated/α-hetero) is 1. The highest BCUT2D eigenvalue weighted by atomic mass is 28.4. The van der Waals surface area contributed by atoms with E-state index in [9.17, 15) is 4.79 Å². The van der Waals surface area contributed by atoms with Gasteiger partial charge >= 0.3 is 0 Å². The van der Waals surface area contributed by atoms with Crippen molar-refractivity contribution in [3.8, 4) is 0 Å². The first-order chi connectivity index (χ1) is 13.8. The molecule has 0 bridgehead atoms. The topological polar surface area (TPSA) is 26.3 Å². The Hall–Kier alpha value is -1.97. The van der Waals surface area contributed by atoms with E-state index < -0.39 is 8.32 Å². The van der Waals surface area contributed by atoms with Crippen LogP contribution >= 0.6 is 0 Å². The molecule has 0 saturated heterocycles. The van der Waals surface area contributed by atoms with Crippen LogP contribution in [-0.2, 0) is 9.22 Å². The number of carbonyl (C=O) groups excluding carboxylic acids is 1. The molecule has 2 atom stereocenters. The minimum absolute atomic E-state index is 0.0456. The second kappa shape index (κ2) is 7.37. The van der Waals surface area contributed by atoms with E-state index in [1.165, 1.54) is 10.4 Å². The predicted octanol–water partition coefficient (Wildman–Crippen LogP) is 5.02. The van der Waals surface area contributed by atoms with E-state index in [0.717, 1.165) is 24.8 Å². The van der Waals surface area contributed by atoms with E-state index in [4.69, 9.17) is 4.43 Å². The maximum atomic E-state index is 12.6. The zero-order valence-corrected chi connectivity index (χ0v) is 19.1. The maximum Gasteiger partial charge on any atom is 0.261 e. The van der Waals surface area contributed by atoms with Crippen LogP contribution in [0.15, 0.2) is 72.3 Å². The number of hydrogen-bond donors (Lipinski definition) is 0. The number of ketones is 1. The van der Waals surface area contributed by atoms with Gasteiger partial charge in [0.2, 0.25) is 0 Å². The zero-order valence-electron chi connectivity index (χ0n) is 18.1. The fourth-order valence-corrected chi connectivity index (χ4v) is 10.3. The molecule has 2 aliphatic rings. The molecule has 0 spiro atoms. The lowest BCUT2D eigenvalue weighted by Gasteiger charge is -2.50. The fourth-order valence-electron chi connectivity index (χ4n) is 5.46. The first kappa shape index (κ1) is 20.3. The third-order valence-electron chi connectivity index (χ3n) is 7.01. The lowest BCUT2D eigenvalue weighted by Crippen LogP contribution is -2.69. The van der Waals surface area contributed by atoms with Gasteiger partial charge in [-0.3, -0.25) is 4.79 Å². The Balaban J connectivity index is 1.88. The maximum absolute atomic E-state index is 12.6. The van der Waals surface area contributed by atoms with Gasteiger partial charge < -0.3 is 4.43 Å². The Bertz CT molecular complexity index is 871. The summed E-state index contributed by atoms with van der Waals surface area (Å²) in [6, 6.07) is 21.6. The first-order valence-corrected chi connectivity index (χ1v) is 12.7. The van der Waals surface area contributed by atoms with Gasteiger partial charge in [-0.2, -0.15) is 0 Å².